The van der Waals surface area contributed by atoms with Crippen molar-refractivity contribution >= 4 is 17.4 Å². The van der Waals surface area contributed by atoms with Crippen molar-refractivity contribution in [3.05, 3.63) is 95.3 Å². The maximum atomic E-state index is 13.2. The molecule has 0 saturated heterocycles. The van der Waals surface area contributed by atoms with Crippen LogP contribution in [0.3, 0.4) is 0 Å². The van der Waals surface area contributed by atoms with Crippen LogP contribution in [0.25, 0.3) is 22.6 Å². The van der Waals surface area contributed by atoms with E-state index in [0.717, 1.165) is 17.7 Å². The highest BCUT2D eigenvalue weighted by Gasteiger charge is 2.30. The van der Waals surface area contributed by atoms with Gasteiger partial charge in [0.25, 0.3) is 0 Å². The molecule has 0 amide bonds. The molecule has 0 saturated carbocycles. The van der Waals surface area contributed by atoms with Crippen LogP contribution in [-0.4, -0.2) is 15.0 Å². The van der Waals surface area contributed by atoms with Gasteiger partial charge in [-0.1, -0.05) is 35.9 Å². The molecule has 4 nitrogen and oxygen atoms in total. The summed E-state index contributed by atoms with van der Waals surface area (Å²) in [6.45, 7) is 0.461. The highest BCUT2D eigenvalue weighted by Crippen LogP contribution is 2.32. The molecule has 2 heterocycles. The molecule has 156 valence electrons. The molecule has 2 aromatic carbocycles. The summed E-state index contributed by atoms with van der Waals surface area (Å²) in [5.74, 6) is 0.845. The van der Waals surface area contributed by atoms with Crippen LogP contribution in [0.2, 0.25) is 5.02 Å². The minimum Gasteiger partial charge on any atom is -0.366 e. The van der Waals surface area contributed by atoms with E-state index < -0.39 is 11.7 Å². The Morgan fingerprint density at radius 1 is 0.871 bits per heavy atom. The van der Waals surface area contributed by atoms with Gasteiger partial charge in [-0.05, 0) is 42.0 Å². The zero-order valence-corrected chi connectivity index (χ0v) is 16.8. The van der Waals surface area contributed by atoms with Crippen molar-refractivity contribution in [3.63, 3.8) is 0 Å². The zero-order valence-electron chi connectivity index (χ0n) is 16.1. The van der Waals surface area contributed by atoms with E-state index in [2.05, 4.69) is 20.3 Å². The van der Waals surface area contributed by atoms with Gasteiger partial charge in [-0.15, -0.1) is 0 Å². The van der Waals surface area contributed by atoms with E-state index in [0.29, 0.717) is 40.0 Å². The molecule has 0 radical (unpaired) electrons. The lowest BCUT2D eigenvalue weighted by Crippen LogP contribution is -2.06. The first-order valence-electron chi connectivity index (χ1n) is 9.34. The number of alkyl halides is 3. The van der Waals surface area contributed by atoms with Gasteiger partial charge >= 0.3 is 6.18 Å². The predicted molar refractivity (Wildman–Crippen MR) is 114 cm³/mol. The number of halogens is 4. The van der Waals surface area contributed by atoms with Crippen molar-refractivity contribution < 1.29 is 13.2 Å². The van der Waals surface area contributed by atoms with Gasteiger partial charge in [-0.3, -0.25) is 4.98 Å². The van der Waals surface area contributed by atoms with Gasteiger partial charge < -0.3 is 5.32 Å². The molecule has 0 unspecified atom stereocenters. The van der Waals surface area contributed by atoms with E-state index >= 15 is 0 Å². The number of rotatable bonds is 5. The number of anilines is 1. The lowest BCUT2D eigenvalue weighted by atomic mass is 10.1. The summed E-state index contributed by atoms with van der Waals surface area (Å²) in [4.78, 5) is 13.1. The average molecular weight is 441 g/mol. The summed E-state index contributed by atoms with van der Waals surface area (Å²) >= 11 is 5.92. The molecule has 4 aromatic rings. The molecule has 0 aliphatic carbocycles. The molecule has 0 fully saturated rings. The monoisotopic (exact) mass is 440 g/mol. The van der Waals surface area contributed by atoms with Crippen LogP contribution in [0, 0.1) is 0 Å². The van der Waals surface area contributed by atoms with Gasteiger partial charge in [0.2, 0.25) is 0 Å². The summed E-state index contributed by atoms with van der Waals surface area (Å²) in [5, 5.41) is 3.84. The topological polar surface area (TPSA) is 50.7 Å². The van der Waals surface area contributed by atoms with Crippen molar-refractivity contribution in [3.8, 4) is 22.6 Å². The van der Waals surface area contributed by atoms with Gasteiger partial charge in [0.15, 0.2) is 5.82 Å². The van der Waals surface area contributed by atoms with Crippen molar-refractivity contribution in [2.24, 2.45) is 0 Å². The Hall–Kier alpha value is -3.45. The summed E-state index contributed by atoms with van der Waals surface area (Å²) in [5.41, 5.74) is 1.62. The van der Waals surface area contributed by atoms with Crippen LogP contribution in [0.5, 0.6) is 0 Å². The quantitative estimate of drug-likeness (QED) is 0.385. The van der Waals surface area contributed by atoms with Crippen LogP contribution in [-0.2, 0) is 12.7 Å². The first-order valence-corrected chi connectivity index (χ1v) is 9.72. The third-order valence-corrected chi connectivity index (χ3v) is 4.77. The molecular formula is C23H16ClF3N4. The van der Waals surface area contributed by atoms with Gasteiger partial charge in [0.05, 0.1) is 11.3 Å². The van der Waals surface area contributed by atoms with E-state index in [-0.39, 0.29) is 0 Å². The lowest BCUT2D eigenvalue weighted by molar-refractivity contribution is -0.137. The number of nitrogens with zero attached hydrogens (tertiary/aromatic N) is 3. The minimum atomic E-state index is -4.44. The standard InChI is InChI=1S/C23H16ClF3N4/c24-19-8-6-15(7-9-19)13-29-21-12-20(16-3-1-5-18(11-16)23(25,26)27)30-22(31-21)17-4-2-10-28-14-17/h1-12,14H,13H2,(H,29,30,31). The molecule has 0 atom stereocenters. The maximum absolute atomic E-state index is 13.2. The number of benzene rings is 2. The lowest BCUT2D eigenvalue weighted by Gasteiger charge is -2.12. The van der Waals surface area contributed by atoms with Crippen molar-refractivity contribution in [1.29, 1.82) is 0 Å². The van der Waals surface area contributed by atoms with Crippen molar-refractivity contribution in [2.45, 2.75) is 12.7 Å². The zero-order chi connectivity index (χ0) is 21.8. The van der Waals surface area contributed by atoms with E-state index in [9.17, 15) is 13.2 Å². The minimum absolute atomic E-state index is 0.344. The van der Waals surface area contributed by atoms with E-state index in [1.807, 2.05) is 12.1 Å². The highest BCUT2D eigenvalue weighted by atomic mass is 35.5. The van der Waals surface area contributed by atoms with E-state index in [4.69, 9.17) is 11.6 Å². The molecule has 0 spiro atoms. The Bertz CT molecular complexity index is 1180. The Morgan fingerprint density at radius 3 is 2.35 bits per heavy atom. The first-order chi connectivity index (χ1) is 14.9. The summed E-state index contributed by atoms with van der Waals surface area (Å²) in [6.07, 6.45) is -1.21. The second kappa shape index (κ2) is 8.73. The number of hydrogen-bond acceptors (Lipinski definition) is 4. The van der Waals surface area contributed by atoms with Gasteiger partial charge in [0.1, 0.15) is 5.82 Å². The Morgan fingerprint density at radius 2 is 1.65 bits per heavy atom. The van der Waals surface area contributed by atoms with Crippen LogP contribution in [0.4, 0.5) is 19.0 Å². The molecule has 0 bridgehead atoms. The number of hydrogen-bond donors (Lipinski definition) is 1. The third-order valence-electron chi connectivity index (χ3n) is 4.52. The maximum Gasteiger partial charge on any atom is 0.416 e. The summed E-state index contributed by atoms with van der Waals surface area (Å²) < 4.78 is 39.5. The normalized spacial score (nSPS) is 11.4. The van der Waals surface area contributed by atoms with Crippen molar-refractivity contribution in [1.82, 2.24) is 15.0 Å². The third kappa shape index (κ3) is 5.19. The van der Waals surface area contributed by atoms with Crippen LogP contribution in [0.1, 0.15) is 11.1 Å². The Balaban J connectivity index is 1.72. The van der Waals surface area contributed by atoms with E-state index in [1.54, 1.807) is 48.8 Å². The molecule has 8 heteroatoms. The smallest absolute Gasteiger partial charge is 0.366 e. The summed E-state index contributed by atoms with van der Waals surface area (Å²) in [6, 6.07) is 17.6. The van der Waals surface area contributed by atoms with Crippen LogP contribution < -0.4 is 5.32 Å². The van der Waals surface area contributed by atoms with Gasteiger partial charge in [-0.2, -0.15) is 13.2 Å². The van der Waals surface area contributed by atoms with E-state index in [1.165, 1.54) is 6.07 Å². The number of pyridine rings is 1. The molecule has 31 heavy (non-hydrogen) atoms. The van der Waals surface area contributed by atoms with Crippen molar-refractivity contribution in [2.75, 3.05) is 5.32 Å². The molecular weight excluding hydrogens is 425 g/mol. The molecule has 4 rings (SSSR count). The second-order valence-corrected chi connectivity index (χ2v) is 7.20. The first kappa shape index (κ1) is 20.8. The largest absolute Gasteiger partial charge is 0.416 e. The second-order valence-electron chi connectivity index (χ2n) is 6.76. The fraction of sp³-hybridized carbons (Fsp3) is 0.0870. The average Bonchev–Trinajstić information content (AvgIpc) is 2.79. The number of nitrogens with one attached hydrogen (secondary N) is 1. The number of aromatic nitrogens is 3. The SMILES string of the molecule is FC(F)(F)c1cccc(-c2cc(NCc3ccc(Cl)cc3)nc(-c3cccnc3)n2)c1. The van der Waals surface area contributed by atoms with Crippen LogP contribution >= 0.6 is 11.6 Å². The fourth-order valence-corrected chi connectivity index (χ4v) is 3.09. The molecule has 2 aromatic heterocycles. The fourth-order valence-electron chi connectivity index (χ4n) is 2.96. The van der Waals surface area contributed by atoms with Crippen LogP contribution in [0.15, 0.2) is 79.1 Å². The highest BCUT2D eigenvalue weighted by molar-refractivity contribution is 6.30. The predicted octanol–water partition coefficient (Wildman–Crippen LogP) is 6.49. The molecule has 0 aliphatic rings. The van der Waals surface area contributed by atoms with Gasteiger partial charge in [0, 0.05) is 41.2 Å². The Labute approximate surface area is 181 Å². The summed E-state index contributed by atoms with van der Waals surface area (Å²) in [7, 11) is 0. The molecule has 0 aliphatic heterocycles. The molecule has 1 N–H and O–H groups in total. The Kier molecular flexibility index (Phi) is 5.86. The van der Waals surface area contributed by atoms with Gasteiger partial charge in [-0.25, -0.2) is 9.97 Å².